The molecule has 2 N–H and O–H groups in total. The second kappa shape index (κ2) is 12.1. The van der Waals surface area contributed by atoms with Crippen molar-refractivity contribution in [2.45, 2.75) is 103 Å². The van der Waals surface area contributed by atoms with E-state index in [-0.39, 0.29) is 24.3 Å². The average molecular weight is 456 g/mol. The van der Waals surface area contributed by atoms with Crippen LogP contribution >= 0.6 is 0 Å². The van der Waals surface area contributed by atoms with Crippen LogP contribution in [0.3, 0.4) is 0 Å². The Kier molecular flexibility index (Phi) is 10.1. The Hall–Kier alpha value is -1.56. The van der Waals surface area contributed by atoms with Crippen molar-refractivity contribution in [3.63, 3.8) is 0 Å². The molecular formula is C26H40F3NO2. The number of carbonyl (C=O) groups is 1. The summed E-state index contributed by atoms with van der Waals surface area (Å²) in [4.78, 5) is 11.3. The number of hydrogen-bond acceptors (Lipinski definition) is 2. The molecule has 32 heavy (non-hydrogen) atoms. The standard InChI is InChI=1S/C26H40F3NO2/c1-17(2)5-12-22(13-6-18(3)4)30-24-14-7-19(16-25(31)32)15-23(24)20-8-10-21(11-9-20)26(27,28)29/h8-11,17-19,22-24,30H,5-7,12-16H2,1-4H3,(H,31,32)/t19-,23+,24-/m1/s1. The molecule has 2 rings (SSSR count). The Morgan fingerprint density at radius 1 is 1.00 bits per heavy atom. The minimum absolute atomic E-state index is 0.0241. The van der Waals surface area contributed by atoms with Crippen LogP contribution in [0.2, 0.25) is 0 Å². The molecule has 0 aliphatic heterocycles. The Balaban J connectivity index is 2.21. The smallest absolute Gasteiger partial charge is 0.416 e. The molecule has 1 aliphatic carbocycles. The lowest BCUT2D eigenvalue weighted by atomic mass is 9.73. The van der Waals surface area contributed by atoms with E-state index in [4.69, 9.17) is 0 Å². The molecule has 3 atom stereocenters. The van der Waals surface area contributed by atoms with Gasteiger partial charge in [0, 0.05) is 18.5 Å². The van der Waals surface area contributed by atoms with Gasteiger partial charge in [0.05, 0.1) is 5.56 Å². The van der Waals surface area contributed by atoms with Crippen molar-refractivity contribution in [2.75, 3.05) is 0 Å². The van der Waals surface area contributed by atoms with E-state index in [1.165, 1.54) is 0 Å². The molecule has 0 unspecified atom stereocenters. The van der Waals surface area contributed by atoms with Gasteiger partial charge in [-0.1, -0.05) is 39.8 Å². The van der Waals surface area contributed by atoms with Crippen molar-refractivity contribution in [3.05, 3.63) is 35.4 Å². The fourth-order valence-corrected chi connectivity index (χ4v) is 4.86. The molecule has 1 aromatic rings. The third kappa shape index (κ3) is 8.76. The number of aliphatic carboxylic acids is 1. The molecule has 1 aliphatic rings. The van der Waals surface area contributed by atoms with E-state index in [0.717, 1.165) is 56.2 Å². The zero-order chi connectivity index (χ0) is 23.9. The summed E-state index contributed by atoms with van der Waals surface area (Å²) >= 11 is 0. The number of hydrogen-bond donors (Lipinski definition) is 2. The molecule has 1 fully saturated rings. The fraction of sp³-hybridized carbons (Fsp3) is 0.731. The van der Waals surface area contributed by atoms with Crippen LogP contribution in [0.4, 0.5) is 13.2 Å². The summed E-state index contributed by atoms with van der Waals surface area (Å²) in [5, 5.41) is 13.1. The summed E-state index contributed by atoms with van der Waals surface area (Å²) in [5.41, 5.74) is 0.229. The molecule has 6 heteroatoms. The molecule has 0 spiro atoms. The van der Waals surface area contributed by atoms with Gasteiger partial charge in [0.1, 0.15) is 0 Å². The summed E-state index contributed by atoms with van der Waals surface area (Å²) in [5.74, 6) is 0.517. The van der Waals surface area contributed by atoms with Gasteiger partial charge in [-0.3, -0.25) is 4.79 Å². The molecule has 182 valence electrons. The zero-order valence-corrected chi connectivity index (χ0v) is 19.9. The second-order valence-corrected chi connectivity index (χ2v) is 10.4. The highest BCUT2D eigenvalue weighted by atomic mass is 19.4. The lowest BCUT2D eigenvalue weighted by Crippen LogP contribution is -2.45. The van der Waals surface area contributed by atoms with Gasteiger partial charge in [-0.05, 0) is 86.3 Å². The van der Waals surface area contributed by atoms with Gasteiger partial charge in [-0.2, -0.15) is 13.2 Å². The number of carboxylic acids is 1. The van der Waals surface area contributed by atoms with Gasteiger partial charge in [0.2, 0.25) is 0 Å². The van der Waals surface area contributed by atoms with E-state index >= 15 is 0 Å². The number of carboxylic acid groups (broad SMARTS) is 1. The number of nitrogens with one attached hydrogen (secondary N) is 1. The largest absolute Gasteiger partial charge is 0.481 e. The van der Waals surface area contributed by atoms with E-state index < -0.39 is 17.7 Å². The molecule has 3 nitrogen and oxygen atoms in total. The van der Waals surface area contributed by atoms with Crippen molar-refractivity contribution >= 4 is 5.97 Å². The van der Waals surface area contributed by atoms with Gasteiger partial charge in [-0.15, -0.1) is 0 Å². The molecule has 0 aromatic heterocycles. The number of halogens is 3. The molecule has 1 aromatic carbocycles. The topological polar surface area (TPSA) is 49.3 Å². The fourth-order valence-electron chi connectivity index (χ4n) is 4.86. The van der Waals surface area contributed by atoms with E-state index in [1.54, 1.807) is 12.1 Å². The third-order valence-electron chi connectivity index (χ3n) is 6.72. The van der Waals surface area contributed by atoms with E-state index in [2.05, 4.69) is 33.0 Å². The van der Waals surface area contributed by atoms with Crippen LogP contribution in [0, 0.1) is 17.8 Å². The lowest BCUT2D eigenvalue weighted by molar-refractivity contribution is -0.139. The maximum atomic E-state index is 13.0. The summed E-state index contributed by atoms with van der Waals surface area (Å²) in [6, 6.07) is 6.01. The van der Waals surface area contributed by atoms with Crippen molar-refractivity contribution in [1.82, 2.24) is 5.32 Å². The van der Waals surface area contributed by atoms with Crippen molar-refractivity contribution < 1.29 is 23.1 Å². The van der Waals surface area contributed by atoms with Gasteiger partial charge < -0.3 is 10.4 Å². The minimum Gasteiger partial charge on any atom is -0.481 e. The molecule has 0 heterocycles. The summed E-state index contributed by atoms with van der Waals surface area (Å²) in [6.07, 6.45) is 2.58. The number of alkyl halides is 3. The van der Waals surface area contributed by atoms with Crippen LogP contribution in [0.15, 0.2) is 24.3 Å². The summed E-state index contributed by atoms with van der Waals surface area (Å²) in [6.45, 7) is 8.90. The SMILES string of the molecule is CC(C)CCC(CCC(C)C)N[C@@H]1CC[C@@H](CC(=O)O)C[C@H]1c1ccc(C(F)(F)F)cc1. The predicted molar refractivity (Wildman–Crippen MR) is 123 cm³/mol. The van der Waals surface area contributed by atoms with Crippen molar-refractivity contribution in [2.24, 2.45) is 17.8 Å². The van der Waals surface area contributed by atoms with Crippen LogP contribution in [0.5, 0.6) is 0 Å². The number of benzene rings is 1. The first-order valence-electron chi connectivity index (χ1n) is 12.1. The Labute approximate surface area is 191 Å². The first-order valence-corrected chi connectivity index (χ1v) is 12.1. The van der Waals surface area contributed by atoms with Crippen LogP contribution in [-0.4, -0.2) is 23.2 Å². The van der Waals surface area contributed by atoms with Crippen LogP contribution < -0.4 is 5.32 Å². The Morgan fingerprint density at radius 2 is 1.56 bits per heavy atom. The van der Waals surface area contributed by atoms with E-state index in [0.29, 0.717) is 24.3 Å². The first-order chi connectivity index (χ1) is 15.0. The average Bonchev–Trinajstić information content (AvgIpc) is 2.69. The van der Waals surface area contributed by atoms with Crippen molar-refractivity contribution in [3.8, 4) is 0 Å². The summed E-state index contributed by atoms with van der Waals surface area (Å²) < 4.78 is 39.1. The van der Waals surface area contributed by atoms with Gasteiger partial charge in [-0.25, -0.2) is 0 Å². The highest BCUT2D eigenvalue weighted by molar-refractivity contribution is 5.67. The monoisotopic (exact) mass is 455 g/mol. The molecule has 1 saturated carbocycles. The highest BCUT2D eigenvalue weighted by Crippen LogP contribution is 2.39. The molecule has 0 amide bonds. The normalized spacial score (nSPS) is 22.1. The first kappa shape index (κ1) is 26.7. The maximum Gasteiger partial charge on any atom is 0.416 e. The Morgan fingerprint density at radius 3 is 2.03 bits per heavy atom. The maximum absolute atomic E-state index is 13.0. The van der Waals surface area contributed by atoms with Crippen LogP contribution in [0.25, 0.3) is 0 Å². The van der Waals surface area contributed by atoms with Crippen molar-refractivity contribution in [1.29, 1.82) is 0 Å². The molecule has 0 bridgehead atoms. The van der Waals surface area contributed by atoms with Gasteiger partial charge >= 0.3 is 12.1 Å². The molecule has 0 radical (unpaired) electrons. The quantitative estimate of drug-likeness (QED) is 0.369. The predicted octanol–water partition coefficient (Wildman–Crippen LogP) is 7.26. The third-order valence-corrected chi connectivity index (χ3v) is 6.72. The zero-order valence-electron chi connectivity index (χ0n) is 19.9. The van der Waals surface area contributed by atoms with E-state index in [9.17, 15) is 23.1 Å². The van der Waals surface area contributed by atoms with E-state index in [1.807, 2.05) is 0 Å². The van der Waals surface area contributed by atoms with Crippen LogP contribution in [-0.2, 0) is 11.0 Å². The molecule has 0 saturated heterocycles. The number of rotatable bonds is 11. The molecular weight excluding hydrogens is 415 g/mol. The van der Waals surface area contributed by atoms with Crippen LogP contribution in [0.1, 0.15) is 96.1 Å². The lowest BCUT2D eigenvalue weighted by Gasteiger charge is -2.39. The van der Waals surface area contributed by atoms with Gasteiger partial charge in [0.25, 0.3) is 0 Å². The Bertz CT molecular complexity index is 688. The summed E-state index contributed by atoms with van der Waals surface area (Å²) in [7, 11) is 0. The second-order valence-electron chi connectivity index (χ2n) is 10.4. The minimum atomic E-state index is -4.35. The highest BCUT2D eigenvalue weighted by Gasteiger charge is 2.35. The van der Waals surface area contributed by atoms with Gasteiger partial charge in [0.15, 0.2) is 0 Å².